The van der Waals surface area contributed by atoms with E-state index in [9.17, 15) is 8.42 Å². The Bertz CT molecular complexity index is 621. The zero-order valence-electron chi connectivity index (χ0n) is 12.1. The van der Waals surface area contributed by atoms with E-state index in [4.69, 9.17) is 5.73 Å². The Balaban J connectivity index is 2.27. The van der Waals surface area contributed by atoms with E-state index in [0.717, 1.165) is 30.2 Å². The molecule has 1 aliphatic carbocycles. The maximum absolute atomic E-state index is 12.6. The third-order valence-corrected chi connectivity index (χ3v) is 6.82. The Morgan fingerprint density at radius 2 is 2.00 bits per heavy atom. The zero-order valence-corrected chi connectivity index (χ0v) is 16.1. The molecule has 0 spiro atoms. The van der Waals surface area contributed by atoms with Crippen LogP contribution in [0.1, 0.15) is 39.5 Å². The molecule has 0 amide bonds. The van der Waals surface area contributed by atoms with Gasteiger partial charge in [0.05, 0.1) is 5.69 Å². The Morgan fingerprint density at radius 3 is 2.57 bits per heavy atom. The smallest absolute Gasteiger partial charge is 0.243 e. The van der Waals surface area contributed by atoms with Gasteiger partial charge in [-0.05, 0) is 52.7 Å². The maximum atomic E-state index is 12.6. The summed E-state index contributed by atoms with van der Waals surface area (Å²) in [5.74, 6) is 0. The minimum absolute atomic E-state index is 0.0336. The molecule has 0 bridgehead atoms. The van der Waals surface area contributed by atoms with Crippen LogP contribution in [-0.4, -0.2) is 14.5 Å². The first-order valence-corrected chi connectivity index (χ1v) is 9.94. The fourth-order valence-electron chi connectivity index (χ4n) is 2.94. The number of benzene rings is 1. The molecule has 0 aliphatic heterocycles. The highest BCUT2D eigenvalue weighted by atomic mass is 79.9. The molecule has 0 saturated heterocycles. The maximum Gasteiger partial charge on any atom is 0.243 e. The van der Waals surface area contributed by atoms with Crippen molar-refractivity contribution in [3.63, 3.8) is 0 Å². The van der Waals surface area contributed by atoms with Gasteiger partial charge in [0.15, 0.2) is 0 Å². The topological polar surface area (TPSA) is 72.2 Å². The van der Waals surface area contributed by atoms with Crippen molar-refractivity contribution in [3.8, 4) is 0 Å². The summed E-state index contributed by atoms with van der Waals surface area (Å²) < 4.78 is 29.3. The number of nitrogen functional groups attached to an aromatic ring is 1. The van der Waals surface area contributed by atoms with E-state index in [1.54, 1.807) is 12.1 Å². The van der Waals surface area contributed by atoms with Crippen LogP contribution in [0, 0.1) is 5.41 Å². The van der Waals surface area contributed by atoms with Crippen LogP contribution in [0.4, 0.5) is 5.69 Å². The molecule has 0 heterocycles. The van der Waals surface area contributed by atoms with Crippen molar-refractivity contribution in [3.05, 3.63) is 21.1 Å². The van der Waals surface area contributed by atoms with E-state index in [1.165, 1.54) is 0 Å². The molecule has 3 N–H and O–H groups in total. The van der Waals surface area contributed by atoms with Gasteiger partial charge in [-0.15, -0.1) is 0 Å². The molecule has 1 atom stereocenters. The molecule has 0 aromatic heterocycles. The third-order valence-electron chi connectivity index (χ3n) is 3.83. The van der Waals surface area contributed by atoms with E-state index in [-0.39, 0.29) is 22.0 Å². The van der Waals surface area contributed by atoms with Crippen LogP contribution in [0.15, 0.2) is 26.0 Å². The Hall–Kier alpha value is -0.110. The van der Waals surface area contributed by atoms with Gasteiger partial charge < -0.3 is 5.73 Å². The van der Waals surface area contributed by atoms with E-state index >= 15 is 0 Å². The zero-order chi connectivity index (χ0) is 15.8. The van der Waals surface area contributed by atoms with Crippen molar-refractivity contribution in [1.29, 1.82) is 0 Å². The fourth-order valence-corrected chi connectivity index (χ4v) is 6.28. The van der Waals surface area contributed by atoms with Gasteiger partial charge >= 0.3 is 0 Å². The molecular formula is C14H20Br2N2O2S. The summed E-state index contributed by atoms with van der Waals surface area (Å²) in [4.78, 5) is 0.120. The standard InChI is InChI=1S/C14H20Br2N2O2S/c1-14(2)5-3-4-10(8-14)18-21(19,20)13-11(16)6-9(15)7-12(13)17/h6-7,10,18H,3-5,8,17H2,1-2H3. The van der Waals surface area contributed by atoms with Crippen LogP contribution in [0.3, 0.4) is 0 Å². The molecule has 1 saturated carbocycles. The minimum atomic E-state index is -3.63. The second kappa shape index (κ2) is 6.18. The molecule has 4 nitrogen and oxygen atoms in total. The number of halogens is 2. The lowest BCUT2D eigenvalue weighted by atomic mass is 9.75. The van der Waals surface area contributed by atoms with Crippen LogP contribution in [-0.2, 0) is 10.0 Å². The second-order valence-electron chi connectivity index (χ2n) is 6.38. The molecule has 21 heavy (non-hydrogen) atoms. The summed E-state index contributed by atoms with van der Waals surface area (Å²) in [6.07, 6.45) is 3.89. The number of rotatable bonds is 3. The third kappa shape index (κ3) is 4.21. The van der Waals surface area contributed by atoms with Crippen LogP contribution < -0.4 is 10.5 Å². The lowest BCUT2D eigenvalue weighted by Gasteiger charge is -2.35. The van der Waals surface area contributed by atoms with Crippen molar-refractivity contribution >= 4 is 47.6 Å². The molecule has 1 fully saturated rings. The SMILES string of the molecule is CC1(C)CCCC(NS(=O)(=O)c2c(N)cc(Br)cc2Br)C1. The molecule has 1 unspecified atom stereocenters. The quantitative estimate of drug-likeness (QED) is 0.698. The summed E-state index contributed by atoms with van der Waals surface area (Å²) in [6, 6.07) is 3.26. The number of anilines is 1. The highest BCUT2D eigenvalue weighted by Gasteiger charge is 2.32. The number of sulfonamides is 1. The van der Waals surface area contributed by atoms with Crippen LogP contribution in [0.5, 0.6) is 0 Å². The average molecular weight is 440 g/mol. The first kappa shape index (κ1) is 17.2. The number of hydrogen-bond donors (Lipinski definition) is 2. The average Bonchev–Trinajstić information content (AvgIpc) is 2.23. The van der Waals surface area contributed by atoms with Gasteiger partial charge in [-0.25, -0.2) is 13.1 Å². The molecule has 0 radical (unpaired) electrons. The highest BCUT2D eigenvalue weighted by molar-refractivity contribution is 9.11. The Labute approximate surface area is 143 Å². The highest BCUT2D eigenvalue weighted by Crippen LogP contribution is 2.37. The first-order valence-electron chi connectivity index (χ1n) is 6.88. The lowest BCUT2D eigenvalue weighted by molar-refractivity contribution is 0.212. The summed E-state index contributed by atoms with van der Waals surface area (Å²) in [7, 11) is -3.63. The predicted molar refractivity (Wildman–Crippen MR) is 92.6 cm³/mol. The summed E-state index contributed by atoms with van der Waals surface area (Å²) in [5.41, 5.74) is 6.30. The van der Waals surface area contributed by atoms with Gasteiger partial charge in [0.1, 0.15) is 4.90 Å². The van der Waals surface area contributed by atoms with Gasteiger partial charge in [0.25, 0.3) is 0 Å². The normalized spacial score (nSPS) is 22.2. The fraction of sp³-hybridized carbons (Fsp3) is 0.571. The van der Waals surface area contributed by atoms with Gasteiger partial charge in [0.2, 0.25) is 10.0 Å². The summed E-state index contributed by atoms with van der Waals surface area (Å²) >= 11 is 6.59. The van der Waals surface area contributed by atoms with E-state index in [2.05, 4.69) is 50.4 Å². The minimum Gasteiger partial charge on any atom is -0.398 e. The molecule has 1 aromatic carbocycles. The predicted octanol–water partition coefficient (Wildman–Crippen LogP) is 4.04. The molecule has 118 valence electrons. The largest absolute Gasteiger partial charge is 0.398 e. The number of nitrogens with one attached hydrogen (secondary N) is 1. The van der Waals surface area contributed by atoms with Gasteiger partial charge in [-0.1, -0.05) is 36.2 Å². The summed E-state index contributed by atoms with van der Waals surface area (Å²) in [6.45, 7) is 4.36. The van der Waals surface area contributed by atoms with Crippen LogP contribution in [0.2, 0.25) is 0 Å². The Morgan fingerprint density at radius 1 is 1.33 bits per heavy atom. The van der Waals surface area contributed by atoms with Gasteiger partial charge in [-0.3, -0.25) is 0 Å². The molecule has 7 heteroatoms. The number of nitrogens with two attached hydrogens (primary N) is 1. The lowest BCUT2D eigenvalue weighted by Crippen LogP contribution is -2.40. The molecule has 1 aliphatic rings. The van der Waals surface area contributed by atoms with Crippen LogP contribution >= 0.6 is 31.9 Å². The van der Waals surface area contributed by atoms with Crippen molar-refractivity contribution in [1.82, 2.24) is 4.72 Å². The van der Waals surface area contributed by atoms with E-state index < -0.39 is 10.0 Å². The molecule has 1 aromatic rings. The van der Waals surface area contributed by atoms with Crippen LogP contribution in [0.25, 0.3) is 0 Å². The van der Waals surface area contributed by atoms with Gasteiger partial charge in [-0.2, -0.15) is 0 Å². The Kier molecular flexibility index (Phi) is 5.08. The second-order valence-corrected chi connectivity index (χ2v) is 9.81. The molecular weight excluding hydrogens is 420 g/mol. The first-order chi connectivity index (χ1) is 9.61. The summed E-state index contributed by atoms with van der Waals surface area (Å²) in [5, 5.41) is 0. The number of hydrogen-bond acceptors (Lipinski definition) is 3. The van der Waals surface area contributed by atoms with Crippen molar-refractivity contribution in [2.45, 2.75) is 50.5 Å². The monoisotopic (exact) mass is 438 g/mol. The van der Waals surface area contributed by atoms with Gasteiger partial charge in [0, 0.05) is 15.0 Å². The van der Waals surface area contributed by atoms with Crippen molar-refractivity contribution < 1.29 is 8.42 Å². The molecule has 2 rings (SSSR count). The van der Waals surface area contributed by atoms with E-state index in [0.29, 0.717) is 4.47 Å². The van der Waals surface area contributed by atoms with Crippen molar-refractivity contribution in [2.24, 2.45) is 5.41 Å². The van der Waals surface area contributed by atoms with Crippen molar-refractivity contribution in [2.75, 3.05) is 5.73 Å². The van der Waals surface area contributed by atoms with E-state index in [1.807, 2.05) is 0 Å².